The van der Waals surface area contributed by atoms with Gasteiger partial charge in [-0.2, -0.15) is 0 Å². The number of hydrogen-bond acceptors (Lipinski definition) is 1. The van der Waals surface area contributed by atoms with Gasteiger partial charge in [-0.3, -0.25) is 4.79 Å². The van der Waals surface area contributed by atoms with Crippen LogP contribution in [0.15, 0.2) is 54.6 Å². The molecule has 2 atom stereocenters. The summed E-state index contributed by atoms with van der Waals surface area (Å²) in [5.74, 6) is 5.52. The van der Waals surface area contributed by atoms with Gasteiger partial charge in [0.05, 0.1) is 5.92 Å². The van der Waals surface area contributed by atoms with Crippen LogP contribution in [0.3, 0.4) is 0 Å². The fourth-order valence-electron chi connectivity index (χ4n) is 3.13. The van der Waals surface area contributed by atoms with Gasteiger partial charge in [-0.1, -0.05) is 48.6 Å². The Hall–Kier alpha value is -2.53. The Morgan fingerprint density at radius 1 is 0.909 bits per heavy atom. The van der Waals surface area contributed by atoms with Crippen LogP contribution in [0, 0.1) is 17.8 Å². The summed E-state index contributed by atoms with van der Waals surface area (Å²) in [6.07, 6.45) is 2.75. The first-order valence-corrected chi connectivity index (χ1v) is 7.64. The second kappa shape index (κ2) is 6.49. The summed E-state index contributed by atoms with van der Waals surface area (Å²) in [5, 5.41) is 9.29. The van der Waals surface area contributed by atoms with Gasteiger partial charge in [-0.05, 0) is 48.6 Å². The normalized spacial score (nSPS) is 20.2. The third-order valence-corrected chi connectivity index (χ3v) is 4.30. The van der Waals surface area contributed by atoms with Crippen molar-refractivity contribution in [1.82, 2.24) is 0 Å². The zero-order valence-electron chi connectivity index (χ0n) is 12.3. The van der Waals surface area contributed by atoms with E-state index in [4.69, 9.17) is 0 Å². The first-order valence-electron chi connectivity index (χ1n) is 7.64. The van der Waals surface area contributed by atoms with Crippen molar-refractivity contribution in [2.45, 2.75) is 25.2 Å². The molecule has 2 aromatic carbocycles. The van der Waals surface area contributed by atoms with Gasteiger partial charge in [0.2, 0.25) is 0 Å². The van der Waals surface area contributed by atoms with Crippen LogP contribution in [0.4, 0.5) is 0 Å². The number of carboxylic acids is 1. The van der Waals surface area contributed by atoms with Crippen LogP contribution in [-0.2, 0) is 4.79 Å². The Balaban J connectivity index is 1.76. The quantitative estimate of drug-likeness (QED) is 0.847. The molecule has 1 N–H and O–H groups in total. The van der Waals surface area contributed by atoms with E-state index in [1.54, 1.807) is 0 Å². The highest BCUT2D eigenvalue weighted by Gasteiger charge is 2.33. The standard InChI is InChI=1S/C20H18O2/c21-20(22)19-8-4-7-18(19)17-13-11-16(12-14-17)10-9-15-5-2-1-3-6-15/h1-3,5-6,11-14,18-19H,4,7-8H2,(H,21,22)/t18-,19+/m0/s1. The van der Waals surface area contributed by atoms with Crippen LogP contribution in [-0.4, -0.2) is 11.1 Å². The first kappa shape index (κ1) is 14.4. The first-order chi connectivity index (χ1) is 10.7. The molecule has 0 radical (unpaired) electrons. The van der Waals surface area contributed by atoms with Gasteiger partial charge in [-0.15, -0.1) is 0 Å². The van der Waals surface area contributed by atoms with Gasteiger partial charge in [0, 0.05) is 11.1 Å². The number of hydrogen-bond donors (Lipinski definition) is 1. The smallest absolute Gasteiger partial charge is 0.307 e. The summed E-state index contributed by atoms with van der Waals surface area (Å²) >= 11 is 0. The number of aliphatic carboxylic acids is 1. The Bertz CT molecular complexity index is 705. The lowest BCUT2D eigenvalue weighted by Gasteiger charge is -2.15. The summed E-state index contributed by atoms with van der Waals surface area (Å²) in [5.41, 5.74) is 3.07. The molecule has 0 saturated heterocycles. The zero-order chi connectivity index (χ0) is 15.4. The van der Waals surface area contributed by atoms with E-state index in [0.29, 0.717) is 0 Å². The van der Waals surface area contributed by atoms with Crippen LogP contribution in [0.1, 0.15) is 41.9 Å². The van der Waals surface area contributed by atoms with Crippen molar-refractivity contribution in [3.63, 3.8) is 0 Å². The summed E-state index contributed by atoms with van der Waals surface area (Å²) in [4.78, 5) is 11.3. The maximum absolute atomic E-state index is 11.3. The van der Waals surface area contributed by atoms with Crippen molar-refractivity contribution in [3.05, 3.63) is 71.3 Å². The Morgan fingerprint density at radius 2 is 1.55 bits per heavy atom. The molecule has 1 aliphatic rings. The van der Waals surface area contributed by atoms with Crippen LogP contribution in [0.5, 0.6) is 0 Å². The molecule has 2 heteroatoms. The molecule has 1 fully saturated rings. The third-order valence-electron chi connectivity index (χ3n) is 4.30. The van der Waals surface area contributed by atoms with Gasteiger partial charge in [0.25, 0.3) is 0 Å². The summed E-state index contributed by atoms with van der Waals surface area (Å²) in [6.45, 7) is 0. The van der Waals surface area contributed by atoms with E-state index in [-0.39, 0.29) is 11.8 Å². The molecule has 0 spiro atoms. The molecule has 3 rings (SSSR count). The molecule has 2 aromatic rings. The highest BCUT2D eigenvalue weighted by Crippen LogP contribution is 2.39. The SMILES string of the molecule is O=C(O)[C@@H]1CCC[C@H]1c1ccc(C#Cc2ccccc2)cc1. The van der Waals surface area contributed by atoms with E-state index in [0.717, 1.165) is 36.0 Å². The van der Waals surface area contributed by atoms with Gasteiger partial charge in [0.1, 0.15) is 0 Å². The molecular formula is C20H18O2. The fraction of sp³-hybridized carbons (Fsp3) is 0.250. The predicted octanol–water partition coefficient (Wildman–Crippen LogP) is 4.05. The van der Waals surface area contributed by atoms with Crippen molar-refractivity contribution >= 4 is 5.97 Å². The topological polar surface area (TPSA) is 37.3 Å². The molecule has 0 aromatic heterocycles. The minimum absolute atomic E-state index is 0.147. The van der Waals surface area contributed by atoms with E-state index >= 15 is 0 Å². The lowest BCUT2D eigenvalue weighted by atomic mass is 9.88. The van der Waals surface area contributed by atoms with Crippen LogP contribution >= 0.6 is 0 Å². The predicted molar refractivity (Wildman–Crippen MR) is 86.6 cm³/mol. The van der Waals surface area contributed by atoms with Gasteiger partial charge in [0.15, 0.2) is 0 Å². The minimum Gasteiger partial charge on any atom is -0.481 e. The monoisotopic (exact) mass is 290 g/mol. The molecule has 1 aliphatic carbocycles. The molecular weight excluding hydrogens is 272 g/mol. The number of benzene rings is 2. The second-order valence-corrected chi connectivity index (χ2v) is 5.72. The van der Waals surface area contributed by atoms with Crippen molar-refractivity contribution in [2.24, 2.45) is 5.92 Å². The number of carboxylic acid groups (broad SMARTS) is 1. The molecule has 110 valence electrons. The largest absolute Gasteiger partial charge is 0.481 e. The summed E-state index contributed by atoms with van der Waals surface area (Å²) < 4.78 is 0. The van der Waals surface area contributed by atoms with Gasteiger partial charge >= 0.3 is 5.97 Å². The van der Waals surface area contributed by atoms with Gasteiger partial charge in [-0.25, -0.2) is 0 Å². The molecule has 22 heavy (non-hydrogen) atoms. The van der Waals surface area contributed by atoms with E-state index in [1.807, 2.05) is 54.6 Å². The summed E-state index contributed by atoms with van der Waals surface area (Å²) in [6, 6.07) is 17.9. The Kier molecular flexibility index (Phi) is 4.25. The minimum atomic E-state index is -0.671. The van der Waals surface area contributed by atoms with E-state index in [1.165, 1.54) is 0 Å². The average molecular weight is 290 g/mol. The second-order valence-electron chi connectivity index (χ2n) is 5.72. The van der Waals surface area contributed by atoms with Gasteiger partial charge < -0.3 is 5.11 Å². The van der Waals surface area contributed by atoms with Crippen LogP contribution in [0.2, 0.25) is 0 Å². The molecule has 0 aliphatic heterocycles. The van der Waals surface area contributed by atoms with Crippen molar-refractivity contribution in [3.8, 4) is 11.8 Å². The molecule has 0 heterocycles. The highest BCUT2D eigenvalue weighted by molar-refractivity contribution is 5.72. The number of rotatable bonds is 2. The Morgan fingerprint density at radius 3 is 2.18 bits per heavy atom. The van der Waals surface area contributed by atoms with Crippen molar-refractivity contribution in [1.29, 1.82) is 0 Å². The van der Waals surface area contributed by atoms with E-state index < -0.39 is 5.97 Å². The molecule has 0 amide bonds. The third kappa shape index (κ3) is 3.20. The molecule has 1 saturated carbocycles. The fourth-order valence-corrected chi connectivity index (χ4v) is 3.13. The lowest BCUT2D eigenvalue weighted by Crippen LogP contribution is -2.16. The highest BCUT2D eigenvalue weighted by atomic mass is 16.4. The van der Waals surface area contributed by atoms with E-state index in [9.17, 15) is 9.90 Å². The lowest BCUT2D eigenvalue weighted by molar-refractivity contribution is -0.142. The van der Waals surface area contributed by atoms with Crippen LogP contribution in [0.25, 0.3) is 0 Å². The zero-order valence-corrected chi connectivity index (χ0v) is 12.3. The molecule has 2 nitrogen and oxygen atoms in total. The van der Waals surface area contributed by atoms with Crippen molar-refractivity contribution < 1.29 is 9.90 Å². The Labute approximate surface area is 130 Å². The van der Waals surface area contributed by atoms with Crippen molar-refractivity contribution in [2.75, 3.05) is 0 Å². The number of carbonyl (C=O) groups is 1. The molecule has 0 unspecified atom stereocenters. The molecule has 0 bridgehead atoms. The van der Waals surface area contributed by atoms with Crippen LogP contribution < -0.4 is 0 Å². The average Bonchev–Trinajstić information content (AvgIpc) is 3.04. The van der Waals surface area contributed by atoms with E-state index in [2.05, 4.69) is 11.8 Å². The maximum atomic E-state index is 11.3. The summed E-state index contributed by atoms with van der Waals surface area (Å²) in [7, 11) is 0. The maximum Gasteiger partial charge on any atom is 0.307 e.